The fourth-order valence-electron chi connectivity index (χ4n) is 3.63. The van der Waals surface area contributed by atoms with Crippen LogP contribution in [0.1, 0.15) is 45.1 Å². The lowest BCUT2D eigenvalue weighted by Gasteiger charge is -2.11. The Labute approximate surface area is 130 Å². The standard InChI is InChI=1S/C17H22ClFN2/c1-10-8-13-12(9-11(10)19)20-14(6-7-18)21(13)15-16(2,3)17(15,4)5/h8-9,15H,6-7H2,1-5H3. The molecule has 21 heavy (non-hydrogen) atoms. The third-order valence-electron chi connectivity index (χ3n) is 5.56. The minimum absolute atomic E-state index is 0.195. The van der Waals surface area contributed by atoms with Gasteiger partial charge >= 0.3 is 0 Å². The van der Waals surface area contributed by atoms with Crippen LogP contribution in [0.4, 0.5) is 4.39 Å². The van der Waals surface area contributed by atoms with Gasteiger partial charge in [-0.3, -0.25) is 0 Å². The van der Waals surface area contributed by atoms with Crippen molar-refractivity contribution in [3.8, 4) is 0 Å². The Morgan fingerprint density at radius 2 is 1.86 bits per heavy atom. The lowest BCUT2D eigenvalue weighted by molar-refractivity contribution is 0.457. The van der Waals surface area contributed by atoms with Crippen LogP contribution in [-0.4, -0.2) is 15.4 Å². The number of fused-ring (bicyclic) bond motifs is 1. The van der Waals surface area contributed by atoms with Crippen molar-refractivity contribution in [3.63, 3.8) is 0 Å². The third-order valence-corrected chi connectivity index (χ3v) is 5.75. The van der Waals surface area contributed by atoms with Crippen LogP contribution in [0.5, 0.6) is 0 Å². The molecule has 114 valence electrons. The summed E-state index contributed by atoms with van der Waals surface area (Å²) in [6.45, 7) is 10.9. The molecule has 0 unspecified atom stereocenters. The van der Waals surface area contributed by atoms with E-state index in [-0.39, 0.29) is 16.6 Å². The first-order valence-electron chi connectivity index (χ1n) is 7.44. The summed E-state index contributed by atoms with van der Waals surface area (Å²) >= 11 is 5.94. The molecule has 2 nitrogen and oxygen atoms in total. The highest BCUT2D eigenvalue weighted by atomic mass is 35.5. The van der Waals surface area contributed by atoms with Gasteiger partial charge in [0.2, 0.25) is 0 Å². The molecular formula is C17H22ClFN2. The van der Waals surface area contributed by atoms with E-state index in [4.69, 9.17) is 11.6 Å². The highest BCUT2D eigenvalue weighted by molar-refractivity contribution is 6.17. The van der Waals surface area contributed by atoms with Gasteiger partial charge < -0.3 is 4.57 Å². The number of hydrogen-bond acceptors (Lipinski definition) is 1. The minimum atomic E-state index is -0.195. The molecule has 0 bridgehead atoms. The number of nitrogens with zero attached hydrogens (tertiary/aromatic N) is 2. The molecule has 1 heterocycles. The van der Waals surface area contributed by atoms with E-state index in [9.17, 15) is 4.39 Å². The van der Waals surface area contributed by atoms with Gasteiger partial charge in [0.15, 0.2) is 0 Å². The van der Waals surface area contributed by atoms with E-state index in [0.717, 1.165) is 16.9 Å². The number of halogens is 2. The smallest absolute Gasteiger partial charge is 0.128 e. The van der Waals surface area contributed by atoms with Gasteiger partial charge in [-0.1, -0.05) is 27.7 Å². The average molecular weight is 309 g/mol. The van der Waals surface area contributed by atoms with E-state index in [1.54, 1.807) is 13.0 Å². The van der Waals surface area contributed by atoms with E-state index in [2.05, 4.69) is 37.2 Å². The van der Waals surface area contributed by atoms with Gasteiger partial charge in [-0.05, 0) is 29.4 Å². The molecule has 0 amide bonds. The molecule has 1 saturated carbocycles. The molecule has 0 radical (unpaired) electrons. The molecule has 0 aliphatic heterocycles. The second-order valence-electron chi connectivity index (χ2n) is 7.27. The summed E-state index contributed by atoms with van der Waals surface area (Å²) in [6.07, 6.45) is 0.708. The number of benzene rings is 1. The zero-order valence-electron chi connectivity index (χ0n) is 13.3. The predicted molar refractivity (Wildman–Crippen MR) is 85.5 cm³/mol. The van der Waals surface area contributed by atoms with Crippen LogP contribution in [0.25, 0.3) is 11.0 Å². The van der Waals surface area contributed by atoms with Gasteiger partial charge in [0.25, 0.3) is 0 Å². The summed E-state index contributed by atoms with van der Waals surface area (Å²) < 4.78 is 16.1. The van der Waals surface area contributed by atoms with Gasteiger partial charge in [0.1, 0.15) is 11.6 Å². The van der Waals surface area contributed by atoms with Crippen LogP contribution >= 0.6 is 11.6 Å². The summed E-state index contributed by atoms with van der Waals surface area (Å²) in [7, 11) is 0. The monoisotopic (exact) mass is 308 g/mol. The van der Waals surface area contributed by atoms with Crippen LogP contribution in [0, 0.1) is 23.6 Å². The molecular weight excluding hydrogens is 287 g/mol. The average Bonchev–Trinajstić information content (AvgIpc) is 2.65. The summed E-state index contributed by atoms with van der Waals surface area (Å²) in [5.41, 5.74) is 2.82. The maximum absolute atomic E-state index is 13.8. The molecule has 0 saturated heterocycles. The molecule has 3 rings (SSSR count). The van der Waals surface area contributed by atoms with E-state index in [1.165, 1.54) is 0 Å². The Hall–Kier alpha value is -1.09. The Kier molecular flexibility index (Phi) is 3.14. The van der Waals surface area contributed by atoms with Crippen molar-refractivity contribution < 1.29 is 4.39 Å². The van der Waals surface area contributed by atoms with Crippen LogP contribution < -0.4 is 0 Å². The molecule has 2 aromatic rings. The van der Waals surface area contributed by atoms with Crippen molar-refractivity contribution in [2.45, 2.75) is 47.1 Å². The minimum Gasteiger partial charge on any atom is -0.324 e. The van der Waals surface area contributed by atoms with Crippen molar-refractivity contribution >= 4 is 22.6 Å². The fourth-order valence-corrected chi connectivity index (χ4v) is 3.80. The predicted octanol–water partition coefficient (Wildman–Crippen LogP) is 4.87. The van der Waals surface area contributed by atoms with Crippen LogP contribution in [0.3, 0.4) is 0 Å². The van der Waals surface area contributed by atoms with Crippen molar-refractivity contribution in [1.29, 1.82) is 0 Å². The zero-order valence-corrected chi connectivity index (χ0v) is 14.1. The number of alkyl halides is 1. The molecule has 1 aromatic heterocycles. The highest BCUT2D eigenvalue weighted by Crippen LogP contribution is 2.72. The summed E-state index contributed by atoms with van der Waals surface area (Å²) in [5, 5.41) is 0. The quantitative estimate of drug-likeness (QED) is 0.739. The van der Waals surface area contributed by atoms with Gasteiger partial charge in [0, 0.05) is 24.4 Å². The van der Waals surface area contributed by atoms with Gasteiger partial charge in [-0.2, -0.15) is 0 Å². The lowest BCUT2D eigenvalue weighted by Crippen LogP contribution is -2.07. The molecule has 0 atom stereocenters. The van der Waals surface area contributed by atoms with Crippen molar-refractivity contribution in [2.24, 2.45) is 10.8 Å². The lowest BCUT2D eigenvalue weighted by atomic mass is 10.0. The topological polar surface area (TPSA) is 17.8 Å². The first-order valence-corrected chi connectivity index (χ1v) is 7.98. The summed E-state index contributed by atoms with van der Waals surface area (Å²) in [4.78, 5) is 4.64. The van der Waals surface area contributed by atoms with E-state index in [1.807, 2.05) is 6.07 Å². The Bertz CT molecular complexity index is 701. The Morgan fingerprint density at radius 1 is 1.24 bits per heavy atom. The molecule has 1 aromatic carbocycles. The van der Waals surface area contributed by atoms with Crippen molar-refractivity contribution in [1.82, 2.24) is 9.55 Å². The number of imidazole rings is 1. The highest BCUT2D eigenvalue weighted by Gasteiger charge is 2.66. The van der Waals surface area contributed by atoms with Gasteiger partial charge in [-0.15, -0.1) is 11.6 Å². The van der Waals surface area contributed by atoms with Crippen molar-refractivity contribution in [3.05, 3.63) is 29.3 Å². The van der Waals surface area contributed by atoms with Gasteiger partial charge in [-0.25, -0.2) is 9.37 Å². The van der Waals surface area contributed by atoms with E-state index in [0.29, 0.717) is 23.9 Å². The maximum Gasteiger partial charge on any atom is 0.128 e. The third kappa shape index (κ3) is 1.93. The first kappa shape index (κ1) is 14.8. The number of aryl methyl sites for hydroxylation is 2. The zero-order chi connectivity index (χ0) is 15.6. The maximum atomic E-state index is 13.8. The molecule has 0 N–H and O–H groups in total. The second-order valence-corrected chi connectivity index (χ2v) is 7.65. The number of rotatable bonds is 3. The van der Waals surface area contributed by atoms with Crippen LogP contribution in [0.2, 0.25) is 0 Å². The SMILES string of the molecule is Cc1cc2c(cc1F)nc(CCCl)n2C1C(C)(C)C1(C)C. The number of aromatic nitrogens is 2. The van der Waals surface area contributed by atoms with E-state index >= 15 is 0 Å². The first-order chi connectivity index (χ1) is 9.71. The second kappa shape index (κ2) is 4.45. The van der Waals surface area contributed by atoms with Crippen LogP contribution in [0.15, 0.2) is 12.1 Å². The summed E-state index contributed by atoms with van der Waals surface area (Å²) in [5.74, 6) is 1.30. The van der Waals surface area contributed by atoms with Gasteiger partial charge in [0.05, 0.1) is 11.0 Å². The molecule has 0 spiro atoms. The number of hydrogen-bond donors (Lipinski definition) is 0. The van der Waals surface area contributed by atoms with Crippen molar-refractivity contribution in [2.75, 3.05) is 5.88 Å². The largest absolute Gasteiger partial charge is 0.324 e. The Balaban J connectivity index is 2.25. The molecule has 4 heteroatoms. The summed E-state index contributed by atoms with van der Waals surface area (Å²) in [6, 6.07) is 3.83. The fraction of sp³-hybridized carbons (Fsp3) is 0.588. The molecule has 1 aliphatic rings. The molecule has 1 fully saturated rings. The molecule has 1 aliphatic carbocycles. The van der Waals surface area contributed by atoms with Crippen LogP contribution in [-0.2, 0) is 6.42 Å². The Morgan fingerprint density at radius 3 is 2.38 bits per heavy atom. The normalized spacial score (nSPS) is 20.1. The van der Waals surface area contributed by atoms with E-state index < -0.39 is 0 Å².